The molecule has 1 aliphatic heterocycles. The van der Waals surface area contributed by atoms with E-state index in [1.165, 1.54) is 11.3 Å². The lowest BCUT2D eigenvalue weighted by Gasteiger charge is -2.18. The average Bonchev–Trinajstić information content (AvgIpc) is 3.48. The molecular formula is C23H20ClN5O3S. The Kier molecular flexibility index (Phi) is 6.14. The Morgan fingerprint density at radius 3 is 2.91 bits per heavy atom. The van der Waals surface area contributed by atoms with Gasteiger partial charge in [0.15, 0.2) is 11.5 Å². The van der Waals surface area contributed by atoms with Gasteiger partial charge in [0.1, 0.15) is 19.0 Å². The molecule has 3 heterocycles. The zero-order valence-electron chi connectivity index (χ0n) is 17.7. The van der Waals surface area contributed by atoms with Crippen LogP contribution in [0.5, 0.6) is 17.2 Å². The van der Waals surface area contributed by atoms with E-state index in [0.29, 0.717) is 29.9 Å². The minimum atomic E-state index is 0.538. The second-order valence-electron chi connectivity index (χ2n) is 7.19. The molecule has 10 heteroatoms. The molecule has 0 unspecified atom stereocenters. The molecular weight excluding hydrogens is 462 g/mol. The maximum absolute atomic E-state index is 5.97. The van der Waals surface area contributed by atoms with Crippen molar-refractivity contribution in [1.29, 1.82) is 0 Å². The van der Waals surface area contributed by atoms with E-state index < -0.39 is 0 Å². The second kappa shape index (κ2) is 9.51. The van der Waals surface area contributed by atoms with Crippen LogP contribution in [0.1, 0.15) is 11.1 Å². The van der Waals surface area contributed by atoms with Gasteiger partial charge in [0, 0.05) is 22.7 Å². The van der Waals surface area contributed by atoms with E-state index in [1.54, 1.807) is 30.4 Å². The monoisotopic (exact) mass is 481 g/mol. The maximum Gasteiger partial charge on any atom is 0.203 e. The third-order valence-corrected chi connectivity index (χ3v) is 5.90. The van der Waals surface area contributed by atoms with Crippen LogP contribution < -0.4 is 19.6 Å². The number of nitrogens with zero attached hydrogens (tertiary/aromatic N) is 4. The zero-order chi connectivity index (χ0) is 22.6. The summed E-state index contributed by atoms with van der Waals surface area (Å²) in [5.74, 6) is 2.28. The van der Waals surface area contributed by atoms with Gasteiger partial charge in [-0.15, -0.1) is 11.3 Å². The van der Waals surface area contributed by atoms with Gasteiger partial charge in [-0.25, -0.2) is 4.98 Å². The number of rotatable bonds is 7. The fourth-order valence-electron chi connectivity index (χ4n) is 3.42. The van der Waals surface area contributed by atoms with Crippen molar-refractivity contribution in [3.8, 4) is 28.5 Å². The van der Waals surface area contributed by atoms with Crippen molar-refractivity contribution in [2.45, 2.75) is 6.54 Å². The van der Waals surface area contributed by atoms with Gasteiger partial charge in [0.2, 0.25) is 5.13 Å². The molecule has 0 radical (unpaired) electrons. The van der Waals surface area contributed by atoms with E-state index in [2.05, 4.69) is 20.6 Å². The van der Waals surface area contributed by atoms with E-state index in [1.807, 2.05) is 41.8 Å². The lowest BCUT2D eigenvalue weighted by atomic mass is 10.1. The molecule has 0 saturated carbocycles. The van der Waals surface area contributed by atoms with Gasteiger partial charge >= 0.3 is 0 Å². The number of benzene rings is 2. The van der Waals surface area contributed by atoms with Crippen LogP contribution in [0.4, 0.5) is 5.13 Å². The van der Waals surface area contributed by atoms with Gasteiger partial charge in [-0.1, -0.05) is 11.6 Å². The van der Waals surface area contributed by atoms with Crippen LogP contribution in [0.15, 0.2) is 59.3 Å². The summed E-state index contributed by atoms with van der Waals surface area (Å²) in [6.45, 7) is 1.66. The van der Waals surface area contributed by atoms with Crippen LogP contribution in [0, 0.1) is 0 Å². The molecule has 1 N–H and O–H groups in total. The van der Waals surface area contributed by atoms with Gasteiger partial charge in [-0.05, 0) is 42.0 Å². The first-order valence-corrected chi connectivity index (χ1v) is 11.4. The molecule has 1 aliphatic rings. The molecule has 168 valence electrons. The Labute approximate surface area is 199 Å². The van der Waals surface area contributed by atoms with Crippen LogP contribution >= 0.6 is 22.9 Å². The predicted octanol–water partition coefficient (Wildman–Crippen LogP) is 4.93. The lowest BCUT2D eigenvalue weighted by Crippen LogP contribution is -2.15. The molecule has 0 amide bonds. The summed E-state index contributed by atoms with van der Waals surface area (Å²) in [5.41, 5.74) is 6.70. The van der Waals surface area contributed by atoms with Crippen molar-refractivity contribution >= 4 is 34.3 Å². The predicted molar refractivity (Wildman–Crippen MR) is 129 cm³/mol. The van der Waals surface area contributed by atoms with Crippen molar-refractivity contribution in [1.82, 2.24) is 14.8 Å². The van der Waals surface area contributed by atoms with Crippen LogP contribution in [0.25, 0.3) is 11.3 Å². The quantitative estimate of drug-likeness (QED) is 0.297. The largest absolute Gasteiger partial charge is 0.496 e. The van der Waals surface area contributed by atoms with Crippen LogP contribution in [0.3, 0.4) is 0 Å². The zero-order valence-corrected chi connectivity index (χ0v) is 19.3. The standard InChI is InChI=1S/C23H20ClN5O3S/c1-30-20-4-2-15(8-17(20)12-29-13-18(24)11-26-29)10-25-28-23-27-19(14-33-23)16-3-5-21-22(9-16)32-7-6-31-21/h2-5,8-11,13-14H,6-7,12H2,1H3,(H,27,28). The molecule has 4 aromatic rings. The first-order valence-electron chi connectivity index (χ1n) is 10.2. The molecule has 5 rings (SSSR count). The Bertz CT molecular complexity index is 1300. The molecule has 33 heavy (non-hydrogen) atoms. The highest BCUT2D eigenvalue weighted by molar-refractivity contribution is 7.14. The smallest absolute Gasteiger partial charge is 0.203 e. The van der Waals surface area contributed by atoms with Gasteiger partial charge in [-0.3, -0.25) is 10.1 Å². The first-order chi connectivity index (χ1) is 16.2. The molecule has 0 saturated heterocycles. The van der Waals surface area contributed by atoms with Gasteiger partial charge in [-0.2, -0.15) is 10.2 Å². The van der Waals surface area contributed by atoms with Crippen molar-refractivity contribution in [2.24, 2.45) is 5.10 Å². The molecule has 2 aromatic carbocycles. The van der Waals surface area contributed by atoms with E-state index >= 15 is 0 Å². The third kappa shape index (κ3) is 4.94. The van der Waals surface area contributed by atoms with Gasteiger partial charge in [0.05, 0.1) is 36.8 Å². The molecule has 0 atom stereocenters. The number of ether oxygens (including phenoxy) is 3. The lowest BCUT2D eigenvalue weighted by molar-refractivity contribution is 0.171. The normalized spacial score (nSPS) is 12.8. The number of halogens is 1. The molecule has 0 spiro atoms. The minimum absolute atomic E-state index is 0.538. The van der Waals surface area contributed by atoms with Gasteiger partial charge in [0.25, 0.3) is 0 Å². The second-order valence-corrected chi connectivity index (χ2v) is 8.49. The molecule has 0 fully saturated rings. The van der Waals surface area contributed by atoms with Gasteiger partial charge < -0.3 is 14.2 Å². The van der Waals surface area contributed by atoms with Crippen LogP contribution in [0.2, 0.25) is 5.02 Å². The van der Waals surface area contributed by atoms with E-state index in [0.717, 1.165) is 39.6 Å². The van der Waals surface area contributed by atoms with Crippen molar-refractivity contribution in [2.75, 3.05) is 25.7 Å². The number of thiazole rings is 1. The molecule has 0 aliphatic carbocycles. The minimum Gasteiger partial charge on any atom is -0.496 e. The number of methoxy groups -OCH3 is 1. The number of aromatic nitrogens is 3. The highest BCUT2D eigenvalue weighted by atomic mass is 35.5. The summed E-state index contributed by atoms with van der Waals surface area (Å²) in [5, 5.41) is 11.8. The summed E-state index contributed by atoms with van der Waals surface area (Å²) >= 11 is 7.45. The molecule has 0 bridgehead atoms. The average molecular weight is 482 g/mol. The fourth-order valence-corrected chi connectivity index (χ4v) is 4.25. The maximum atomic E-state index is 5.97. The summed E-state index contributed by atoms with van der Waals surface area (Å²) in [4.78, 5) is 4.62. The SMILES string of the molecule is COc1ccc(C=NNc2nc(-c3ccc4c(c3)OCCO4)cs2)cc1Cn1cc(Cl)cn1. The van der Waals surface area contributed by atoms with Crippen LogP contribution in [-0.2, 0) is 6.54 Å². The van der Waals surface area contributed by atoms with E-state index in [4.69, 9.17) is 25.8 Å². The molecule has 8 nitrogen and oxygen atoms in total. The van der Waals surface area contributed by atoms with Crippen molar-refractivity contribution in [3.63, 3.8) is 0 Å². The number of hydrogen-bond acceptors (Lipinski definition) is 8. The topological polar surface area (TPSA) is 82.8 Å². The number of hydrazone groups is 1. The summed E-state index contributed by atoms with van der Waals surface area (Å²) in [6, 6.07) is 11.7. The highest BCUT2D eigenvalue weighted by Crippen LogP contribution is 2.35. The summed E-state index contributed by atoms with van der Waals surface area (Å²) in [7, 11) is 1.64. The molecule has 2 aromatic heterocycles. The number of hydrogen-bond donors (Lipinski definition) is 1. The van der Waals surface area contributed by atoms with Crippen LogP contribution in [-0.4, -0.2) is 41.3 Å². The van der Waals surface area contributed by atoms with Crippen molar-refractivity contribution < 1.29 is 14.2 Å². The third-order valence-electron chi connectivity index (χ3n) is 4.95. The van der Waals surface area contributed by atoms with E-state index in [9.17, 15) is 0 Å². The van der Waals surface area contributed by atoms with Crippen molar-refractivity contribution in [3.05, 3.63) is 70.3 Å². The Morgan fingerprint density at radius 2 is 2.09 bits per heavy atom. The summed E-state index contributed by atoms with van der Waals surface area (Å²) in [6.07, 6.45) is 5.12. The fraction of sp³-hybridized carbons (Fsp3) is 0.174. The Balaban J connectivity index is 1.27. The highest BCUT2D eigenvalue weighted by Gasteiger charge is 2.14. The number of nitrogens with one attached hydrogen (secondary N) is 1. The Hall–Kier alpha value is -3.56. The van der Waals surface area contributed by atoms with E-state index in [-0.39, 0.29) is 0 Å². The Morgan fingerprint density at radius 1 is 1.21 bits per heavy atom. The number of anilines is 1. The first kappa shape index (κ1) is 21.3. The number of fused-ring (bicyclic) bond motifs is 1. The summed E-state index contributed by atoms with van der Waals surface area (Å²) < 4.78 is 18.5.